The zero-order valence-corrected chi connectivity index (χ0v) is 12.0. The van der Waals surface area contributed by atoms with Crippen LogP contribution in [0.1, 0.15) is 20.7 Å². The number of aromatic carboxylic acids is 2. The molecule has 0 unspecified atom stereocenters. The highest BCUT2D eigenvalue weighted by atomic mass is 79.9. The first-order valence-corrected chi connectivity index (χ1v) is 6.40. The number of anilines is 1. The summed E-state index contributed by atoms with van der Waals surface area (Å²) in [6.07, 6.45) is 0. The second-order valence-electron chi connectivity index (χ2n) is 4.11. The number of benzene rings is 1. The highest BCUT2D eigenvalue weighted by Gasteiger charge is 2.26. The fourth-order valence-electron chi connectivity index (χ4n) is 1.95. The van der Waals surface area contributed by atoms with Crippen LogP contribution >= 0.6 is 15.9 Å². The van der Waals surface area contributed by atoms with Crippen LogP contribution in [0.25, 0.3) is 11.1 Å². The highest BCUT2D eigenvalue weighted by molar-refractivity contribution is 9.10. The zero-order chi connectivity index (χ0) is 15.7. The van der Waals surface area contributed by atoms with Gasteiger partial charge in [-0.2, -0.15) is 0 Å². The molecule has 1 aromatic heterocycles. The molecule has 0 aliphatic rings. The van der Waals surface area contributed by atoms with Gasteiger partial charge in [-0.25, -0.2) is 9.59 Å². The van der Waals surface area contributed by atoms with Crippen molar-refractivity contribution in [2.75, 3.05) is 5.73 Å². The first-order chi connectivity index (χ1) is 9.82. The van der Waals surface area contributed by atoms with Gasteiger partial charge < -0.3 is 20.9 Å². The lowest BCUT2D eigenvalue weighted by Gasteiger charge is -2.12. The van der Waals surface area contributed by atoms with E-state index in [4.69, 9.17) is 5.73 Å². The lowest BCUT2D eigenvalue weighted by Crippen LogP contribution is -2.24. The summed E-state index contributed by atoms with van der Waals surface area (Å²) in [6, 6.07) is 6.20. The Hall–Kier alpha value is -2.61. The van der Waals surface area contributed by atoms with E-state index in [0.29, 0.717) is 0 Å². The van der Waals surface area contributed by atoms with Crippen molar-refractivity contribution in [1.29, 1.82) is 0 Å². The zero-order valence-electron chi connectivity index (χ0n) is 10.4. The van der Waals surface area contributed by atoms with Gasteiger partial charge in [0.25, 0.3) is 5.56 Å². The molecule has 0 amide bonds. The Morgan fingerprint density at radius 3 is 2.05 bits per heavy atom. The number of carboxylic acids is 2. The van der Waals surface area contributed by atoms with Crippen LogP contribution in [0.5, 0.6) is 0 Å². The van der Waals surface area contributed by atoms with Gasteiger partial charge >= 0.3 is 11.9 Å². The third-order valence-corrected chi connectivity index (χ3v) is 3.33. The van der Waals surface area contributed by atoms with Crippen molar-refractivity contribution in [3.63, 3.8) is 0 Å². The third kappa shape index (κ3) is 2.65. The van der Waals surface area contributed by atoms with Crippen molar-refractivity contribution >= 4 is 33.7 Å². The molecule has 108 valence electrons. The molecule has 8 heteroatoms. The third-order valence-electron chi connectivity index (χ3n) is 2.81. The maximum absolute atomic E-state index is 11.8. The van der Waals surface area contributed by atoms with E-state index < -0.39 is 34.4 Å². The van der Waals surface area contributed by atoms with Gasteiger partial charge in [0.1, 0.15) is 16.9 Å². The molecular formula is C13H9BrN2O5. The number of carbonyl (C=O) groups is 2. The summed E-state index contributed by atoms with van der Waals surface area (Å²) in [7, 11) is 0. The second kappa shape index (κ2) is 5.41. The molecule has 0 radical (unpaired) electrons. The van der Waals surface area contributed by atoms with Crippen molar-refractivity contribution in [3.8, 4) is 11.1 Å². The summed E-state index contributed by atoms with van der Waals surface area (Å²) in [5, 5.41) is 18.5. The van der Waals surface area contributed by atoms with E-state index in [2.05, 4.69) is 15.9 Å². The number of H-pyrrole nitrogens is 1. The van der Waals surface area contributed by atoms with Crippen LogP contribution in [0.4, 0.5) is 5.82 Å². The molecule has 1 aromatic carbocycles. The summed E-state index contributed by atoms with van der Waals surface area (Å²) in [4.78, 5) is 36.5. The van der Waals surface area contributed by atoms with Gasteiger partial charge in [-0.05, 0) is 17.7 Å². The van der Waals surface area contributed by atoms with Crippen LogP contribution in [0.15, 0.2) is 33.5 Å². The molecule has 0 saturated carbocycles. The number of pyridine rings is 1. The Kier molecular flexibility index (Phi) is 3.81. The molecule has 0 atom stereocenters. The summed E-state index contributed by atoms with van der Waals surface area (Å²) < 4.78 is 0.720. The van der Waals surface area contributed by atoms with Crippen LogP contribution in [-0.2, 0) is 0 Å². The Balaban J connectivity index is 2.95. The molecule has 0 saturated heterocycles. The van der Waals surface area contributed by atoms with E-state index in [-0.39, 0.29) is 11.1 Å². The Morgan fingerprint density at radius 1 is 1.05 bits per heavy atom. The molecule has 2 rings (SSSR count). The smallest absolute Gasteiger partial charge is 0.342 e. The van der Waals surface area contributed by atoms with E-state index in [0.717, 1.165) is 4.47 Å². The van der Waals surface area contributed by atoms with Crippen LogP contribution in [0.3, 0.4) is 0 Å². The van der Waals surface area contributed by atoms with Crippen LogP contribution in [0.2, 0.25) is 0 Å². The average Bonchev–Trinajstić information content (AvgIpc) is 2.37. The van der Waals surface area contributed by atoms with E-state index in [1.54, 1.807) is 12.1 Å². The number of aromatic nitrogens is 1. The minimum atomic E-state index is -1.53. The SMILES string of the molecule is Nc1[nH]c(=O)c(C(=O)O)c(-c2ccc(Br)cc2)c1C(=O)O. The van der Waals surface area contributed by atoms with Gasteiger partial charge in [0.15, 0.2) is 0 Å². The van der Waals surface area contributed by atoms with E-state index in [9.17, 15) is 24.6 Å². The van der Waals surface area contributed by atoms with Gasteiger partial charge in [-0.15, -0.1) is 0 Å². The molecule has 5 N–H and O–H groups in total. The predicted molar refractivity (Wildman–Crippen MR) is 78.5 cm³/mol. The van der Waals surface area contributed by atoms with Gasteiger partial charge in [0, 0.05) is 10.0 Å². The number of rotatable bonds is 3. The number of nitrogens with two attached hydrogens (primary N) is 1. The van der Waals surface area contributed by atoms with E-state index >= 15 is 0 Å². The molecule has 1 heterocycles. The number of nitrogens with one attached hydrogen (secondary N) is 1. The minimum absolute atomic E-state index is 0.219. The lowest BCUT2D eigenvalue weighted by atomic mass is 9.95. The van der Waals surface area contributed by atoms with Crippen molar-refractivity contribution in [3.05, 3.63) is 50.2 Å². The molecule has 7 nitrogen and oxygen atoms in total. The molecule has 0 bridgehead atoms. The number of carboxylic acid groups (broad SMARTS) is 2. The number of hydrogen-bond donors (Lipinski definition) is 4. The normalized spacial score (nSPS) is 10.3. The molecule has 21 heavy (non-hydrogen) atoms. The van der Waals surface area contributed by atoms with Gasteiger partial charge in [-0.1, -0.05) is 28.1 Å². The van der Waals surface area contributed by atoms with Crippen molar-refractivity contribution in [2.24, 2.45) is 0 Å². The number of nitrogen functional groups attached to an aromatic ring is 1. The second-order valence-corrected chi connectivity index (χ2v) is 5.03. The summed E-state index contributed by atoms with van der Waals surface area (Å²) in [5.74, 6) is -3.35. The lowest BCUT2D eigenvalue weighted by molar-refractivity contribution is 0.0695. The van der Waals surface area contributed by atoms with Gasteiger partial charge in [-0.3, -0.25) is 4.79 Å². The Labute approximate surface area is 126 Å². The molecule has 0 fully saturated rings. The standard InChI is InChI=1S/C13H9BrN2O5/c14-6-3-1-5(2-4-6)7-8(12(18)19)10(15)16-11(17)9(7)13(20)21/h1-4H,(H,18,19)(H,20,21)(H3,15,16,17). The number of halogens is 1. The monoisotopic (exact) mass is 352 g/mol. The highest BCUT2D eigenvalue weighted by Crippen LogP contribution is 2.29. The predicted octanol–water partition coefficient (Wildman–Crippen LogP) is 1.78. The molecule has 0 aliphatic carbocycles. The largest absolute Gasteiger partial charge is 0.478 e. The van der Waals surface area contributed by atoms with E-state index in [1.807, 2.05) is 4.98 Å². The van der Waals surface area contributed by atoms with Crippen molar-refractivity contribution in [1.82, 2.24) is 4.98 Å². The maximum atomic E-state index is 11.8. The van der Waals surface area contributed by atoms with Crippen molar-refractivity contribution in [2.45, 2.75) is 0 Å². The minimum Gasteiger partial charge on any atom is -0.478 e. The first-order valence-electron chi connectivity index (χ1n) is 5.61. The summed E-state index contributed by atoms with van der Waals surface area (Å²) in [5.41, 5.74) is 3.50. The van der Waals surface area contributed by atoms with Crippen LogP contribution < -0.4 is 11.3 Å². The fourth-order valence-corrected chi connectivity index (χ4v) is 2.22. The van der Waals surface area contributed by atoms with Gasteiger partial charge in [0.05, 0.1) is 0 Å². The van der Waals surface area contributed by atoms with Crippen LogP contribution in [0, 0.1) is 0 Å². The topological polar surface area (TPSA) is 133 Å². The van der Waals surface area contributed by atoms with Gasteiger partial charge in [0.2, 0.25) is 0 Å². The van der Waals surface area contributed by atoms with Crippen LogP contribution in [-0.4, -0.2) is 27.1 Å². The summed E-state index contributed by atoms with van der Waals surface area (Å²) >= 11 is 3.22. The molecular weight excluding hydrogens is 344 g/mol. The maximum Gasteiger partial charge on any atom is 0.342 e. The van der Waals surface area contributed by atoms with Crippen molar-refractivity contribution < 1.29 is 19.8 Å². The fraction of sp³-hybridized carbons (Fsp3) is 0. The quantitative estimate of drug-likeness (QED) is 0.665. The Bertz CT molecular complexity index is 795. The van der Waals surface area contributed by atoms with E-state index in [1.165, 1.54) is 12.1 Å². The average molecular weight is 353 g/mol. The Morgan fingerprint density at radius 2 is 1.57 bits per heavy atom. The molecule has 2 aromatic rings. The number of hydrogen-bond acceptors (Lipinski definition) is 4. The first kappa shape index (κ1) is 14.8. The molecule has 0 aliphatic heterocycles. The number of aromatic amines is 1. The summed E-state index contributed by atoms with van der Waals surface area (Å²) in [6.45, 7) is 0. The molecule has 0 spiro atoms.